The number of rotatable bonds is 2. The highest BCUT2D eigenvalue weighted by atomic mass is 35.5. The number of hydrogen-bond acceptors (Lipinski definition) is 3. The monoisotopic (exact) mass is 245 g/mol. The highest BCUT2D eigenvalue weighted by Gasteiger charge is 2.12. The van der Waals surface area contributed by atoms with Gasteiger partial charge in [-0.2, -0.15) is 0 Å². The first kappa shape index (κ1) is 11.7. The van der Waals surface area contributed by atoms with E-state index in [0.29, 0.717) is 0 Å². The topological polar surface area (TPSA) is 26.0 Å². The van der Waals surface area contributed by atoms with Gasteiger partial charge in [0, 0.05) is 9.75 Å². The summed E-state index contributed by atoms with van der Waals surface area (Å²) in [5, 5.41) is 4.16. The summed E-state index contributed by atoms with van der Waals surface area (Å²) in [6.45, 7) is 2.11. The van der Waals surface area contributed by atoms with E-state index in [4.69, 9.17) is 5.73 Å². The average molecular weight is 246 g/mol. The molecule has 76 valence electrons. The lowest BCUT2D eigenvalue weighted by molar-refractivity contribution is 0.908. The van der Waals surface area contributed by atoms with Gasteiger partial charge in [-0.3, -0.25) is 0 Å². The first-order valence-electron chi connectivity index (χ1n) is 4.12. The minimum atomic E-state index is 0. The summed E-state index contributed by atoms with van der Waals surface area (Å²) in [5.41, 5.74) is 7.42. The van der Waals surface area contributed by atoms with Crippen molar-refractivity contribution in [2.45, 2.75) is 13.0 Å². The summed E-state index contributed by atoms with van der Waals surface area (Å²) < 4.78 is 0. The minimum Gasteiger partial charge on any atom is -0.319 e. The predicted octanol–water partition coefficient (Wildman–Crippen LogP) is 3.59. The molecule has 0 unspecified atom stereocenters. The van der Waals surface area contributed by atoms with Gasteiger partial charge in [0.2, 0.25) is 0 Å². The molecule has 1 atom stereocenters. The van der Waals surface area contributed by atoms with E-state index < -0.39 is 0 Å². The highest BCUT2D eigenvalue weighted by Crippen LogP contribution is 2.29. The first-order chi connectivity index (χ1) is 6.29. The number of thiophene rings is 2. The molecule has 2 aromatic rings. The van der Waals surface area contributed by atoms with Crippen LogP contribution in [0.5, 0.6) is 0 Å². The fraction of sp³-hybridized carbons (Fsp3) is 0.200. The molecule has 14 heavy (non-hydrogen) atoms. The van der Waals surface area contributed by atoms with Gasteiger partial charge in [-0.05, 0) is 35.4 Å². The van der Waals surface area contributed by atoms with E-state index in [1.807, 2.05) is 6.07 Å². The van der Waals surface area contributed by atoms with Crippen molar-refractivity contribution in [2.24, 2.45) is 5.73 Å². The van der Waals surface area contributed by atoms with Crippen LogP contribution in [0.1, 0.15) is 21.4 Å². The van der Waals surface area contributed by atoms with E-state index in [9.17, 15) is 0 Å². The van der Waals surface area contributed by atoms with Crippen molar-refractivity contribution in [3.05, 3.63) is 44.3 Å². The smallest absolute Gasteiger partial charge is 0.0742 e. The van der Waals surface area contributed by atoms with Crippen LogP contribution in [0.4, 0.5) is 0 Å². The molecule has 2 heterocycles. The molecule has 2 N–H and O–H groups in total. The van der Waals surface area contributed by atoms with Crippen LogP contribution in [0.15, 0.2) is 29.0 Å². The summed E-state index contributed by atoms with van der Waals surface area (Å²) >= 11 is 3.46. The second-order valence-corrected chi connectivity index (χ2v) is 4.89. The molecule has 0 spiro atoms. The summed E-state index contributed by atoms with van der Waals surface area (Å²) in [6, 6.07) is 6.32. The minimum absolute atomic E-state index is 0. The SMILES string of the molecule is Cc1ccsc1[C@H](N)c1cccs1.Cl. The maximum Gasteiger partial charge on any atom is 0.0742 e. The van der Waals surface area contributed by atoms with Crippen LogP contribution in [0.3, 0.4) is 0 Å². The Kier molecular flexibility index (Phi) is 4.13. The van der Waals surface area contributed by atoms with E-state index in [2.05, 4.69) is 29.8 Å². The summed E-state index contributed by atoms with van der Waals surface area (Å²) in [7, 11) is 0. The molecule has 4 heteroatoms. The van der Waals surface area contributed by atoms with Gasteiger partial charge in [-0.1, -0.05) is 6.07 Å². The van der Waals surface area contributed by atoms with Gasteiger partial charge in [0.15, 0.2) is 0 Å². The molecule has 1 nitrogen and oxygen atoms in total. The molecular weight excluding hydrogens is 234 g/mol. The first-order valence-corrected chi connectivity index (χ1v) is 5.88. The number of aryl methyl sites for hydroxylation is 1. The maximum atomic E-state index is 6.13. The van der Waals surface area contributed by atoms with Crippen molar-refractivity contribution < 1.29 is 0 Å². The average Bonchev–Trinajstić information content (AvgIpc) is 2.72. The van der Waals surface area contributed by atoms with Gasteiger partial charge in [0.25, 0.3) is 0 Å². The van der Waals surface area contributed by atoms with Gasteiger partial charge in [-0.15, -0.1) is 35.1 Å². The van der Waals surface area contributed by atoms with Gasteiger partial charge in [0.05, 0.1) is 6.04 Å². The van der Waals surface area contributed by atoms with Crippen LogP contribution in [0.2, 0.25) is 0 Å². The quantitative estimate of drug-likeness (QED) is 0.860. The summed E-state index contributed by atoms with van der Waals surface area (Å²) in [5.74, 6) is 0. The molecule has 2 rings (SSSR count). The number of halogens is 1. The number of nitrogens with two attached hydrogens (primary N) is 1. The molecule has 2 aromatic heterocycles. The maximum absolute atomic E-state index is 6.13. The van der Waals surface area contributed by atoms with Gasteiger partial charge >= 0.3 is 0 Å². The highest BCUT2D eigenvalue weighted by molar-refractivity contribution is 7.11. The summed E-state index contributed by atoms with van der Waals surface area (Å²) in [6.07, 6.45) is 0. The molecule has 0 aromatic carbocycles. The molecule has 0 saturated carbocycles. The Labute approximate surface area is 98.0 Å². The Balaban J connectivity index is 0.000000980. The molecule has 0 aliphatic rings. The van der Waals surface area contributed by atoms with Gasteiger partial charge in [-0.25, -0.2) is 0 Å². The van der Waals surface area contributed by atoms with Crippen molar-refractivity contribution >= 4 is 35.1 Å². The lowest BCUT2D eigenvalue weighted by Crippen LogP contribution is -2.09. The second kappa shape index (κ2) is 4.94. The van der Waals surface area contributed by atoms with Crippen LogP contribution in [0.25, 0.3) is 0 Å². The Morgan fingerprint density at radius 1 is 1.21 bits per heavy atom. The zero-order valence-electron chi connectivity index (χ0n) is 7.77. The molecule has 0 saturated heterocycles. The number of hydrogen-bond donors (Lipinski definition) is 1. The zero-order valence-corrected chi connectivity index (χ0v) is 10.2. The van der Waals surface area contributed by atoms with Crippen molar-refractivity contribution in [3.63, 3.8) is 0 Å². The third kappa shape index (κ3) is 2.17. The third-order valence-electron chi connectivity index (χ3n) is 2.03. The third-order valence-corrected chi connectivity index (χ3v) is 4.09. The summed E-state index contributed by atoms with van der Waals surface area (Å²) in [4.78, 5) is 2.52. The van der Waals surface area contributed by atoms with E-state index >= 15 is 0 Å². The molecule has 0 aliphatic heterocycles. The van der Waals surface area contributed by atoms with Crippen LogP contribution < -0.4 is 5.73 Å². The van der Waals surface area contributed by atoms with Gasteiger partial charge in [0.1, 0.15) is 0 Å². The van der Waals surface area contributed by atoms with Crippen molar-refractivity contribution in [3.8, 4) is 0 Å². The van der Waals surface area contributed by atoms with Crippen LogP contribution in [-0.2, 0) is 0 Å². The Morgan fingerprint density at radius 2 is 2.00 bits per heavy atom. The molecule has 0 amide bonds. The molecule has 0 bridgehead atoms. The molecular formula is C10H12ClNS2. The fourth-order valence-electron chi connectivity index (χ4n) is 1.30. The van der Waals surface area contributed by atoms with Crippen LogP contribution in [-0.4, -0.2) is 0 Å². The van der Waals surface area contributed by atoms with Gasteiger partial charge < -0.3 is 5.73 Å². The van der Waals surface area contributed by atoms with Crippen molar-refractivity contribution in [1.82, 2.24) is 0 Å². The van der Waals surface area contributed by atoms with Crippen LogP contribution in [0, 0.1) is 6.92 Å². The normalized spacial score (nSPS) is 12.1. The van der Waals surface area contributed by atoms with E-state index in [-0.39, 0.29) is 18.4 Å². The largest absolute Gasteiger partial charge is 0.319 e. The zero-order chi connectivity index (χ0) is 9.26. The van der Waals surface area contributed by atoms with Crippen molar-refractivity contribution in [1.29, 1.82) is 0 Å². The Hall–Kier alpha value is -0.350. The molecule has 0 radical (unpaired) electrons. The van der Waals surface area contributed by atoms with Crippen LogP contribution >= 0.6 is 35.1 Å². The van der Waals surface area contributed by atoms with E-state index in [1.165, 1.54) is 15.3 Å². The fourth-order valence-corrected chi connectivity index (χ4v) is 3.06. The lowest BCUT2D eigenvalue weighted by Gasteiger charge is -2.07. The molecule has 0 fully saturated rings. The van der Waals surface area contributed by atoms with E-state index in [0.717, 1.165) is 0 Å². The lowest BCUT2D eigenvalue weighted by atomic mass is 10.1. The van der Waals surface area contributed by atoms with Crippen molar-refractivity contribution in [2.75, 3.05) is 0 Å². The second-order valence-electron chi connectivity index (χ2n) is 2.96. The standard InChI is InChI=1S/C10H11NS2.ClH/c1-7-4-6-13-10(7)9(11)8-3-2-5-12-8;/h2-6,9H,11H2,1H3;1H/t9-;/m1./s1. The molecule has 0 aliphatic carbocycles. The van der Waals surface area contributed by atoms with E-state index in [1.54, 1.807) is 22.7 Å². The Morgan fingerprint density at radius 3 is 2.50 bits per heavy atom. The predicted molar refractivity (Wildman–Crippen MR) is 66.7 cm³/mol. The Bertz CT molecular complexity index is 380.